The van der Waals surface area contributed by atoms with Gasteiger partial charge in [0.15, 0.2) is 0 Å². The lowest BCUT2D eigenvalue weighted by Crippen LogP contribution is -2.48. The average molecular weight is 350 g/mol. The summed E-state index contributed by atoms with van der Waals surface area (Å²) in [6.45, 7) is 5.71. The third-order valence-electron chi connectivity index (χ3n) is 3.83. The standard InChI is InChI=1S/C17H22N2O6/c1-16(2,3)25-15(21)19-12-8-23-13-6-5-10(17(22-4)9-24-17)7-11(13)18-14(12)20/h5-7,12H,8-9H2,1-4H3,(H,18,20)(H,19,21)/t12-,17?/m0/s1. The van der Waals surface area contributed by atoms with Crippen molar-refractivity contribution < 1.29 is 28.5 Å². The highest BCUT2D eigenvalue weighted by Gasteiger charge is 2.47. The molecule has 0 radical (unpaired) electrons. The largest absolute Gasteiger partial charge is 0.489 e. The Morgan fingerprint density at radius 1 is 1.40 bits per heavy atom. The van der Waals surface area contributed by atoms with E-state index in [1.54, 1.807) is 40.0 Å². The molecule has 25 heavy (non-hydrogen) atoms. The number of methoxy groups -OCH3 is 1. The Hall–Kier alpha value is -2.32. The van der Waals surface area contributed by atoms with Gasteiger partial charge in [-0.15, -0.1) is 0 Å². The van der Waals surface area contributed by atoms with Crippen molar-refractivity contribution in [3.05, 3.63) is 23.8 Å². The summed E-state index contributed by atoms with van der Waals surface area (Å²) in [7, 11) is 1.56. The summed E-state index contributed by atoms with van der Waals surface area (Å²) in [5.74, 6) is -0.623. The van der Waals surface area contributed by atoms with E-state index in [1.807, 2.05) is 6.07 Å². The lowest BCUT2D eigenvalue weighted by atomic mass is 10.1. The number of epoxide rings is 1. The fourth-order valence-corrected chi connectivity index (χ4v) is 2.48. The number of carbonyl (C=O) groups is 2. The van der Waals surface area contributed by atoms with Crippen LogP contribution >= 0.6 is 0 Å². The highest BCUT2D eigenvalue weighted by Crippen LogP contribution is 2.42. The number of hydrogen-bond acceptors (Lipinski definition) is 6. The van der Waals surface area contributed by atoms with Gasteiger partial charge in [-0.1, -0.05) is 0 Å². The van der Waals surface area contributed by atoms with Gasteiger partial charge in [0.05, 0.1) is 5.69 Å². The Kier molecular flexibility index (Phi) is 4.34. The van der Waals surface area contributed by atoms with E-state index in [0.29, 0.717) is 18.0 Å². The molecule has 2 atom stereocenters. The molecule has 8 nitrogen and oxygen atoms in total. The maximum atomic E-state index is 12.4. The van der Waals surface area contributed by atoms with Crippen molar-refractivity contribution in [3.8, 4) is 5.75 Å². The molecule has 136 valence electrons. The zero-order chi connectivity index (χ0) is 18.2. The monoisotopic (exact) mass is 350 g/mol. The van der Waals surface area contributed by atoms with Crippen LogP contribution in [0, 0.1) is 0 Å². The first kappa shape index (κ1) is 17.5. The maximum Gasteiger partial charge on any atom is 0.408 e. The predicted molar refractivity (Wildman–Crippen MR) is 88.4 cm³/mol. The molecule has 0 spiro atoms. The lowest BCUT2D eigenvalue weighted by Gasteiger charge is -2.22. The fourth-order valence-electron chi connectivity index (χ4n) is 2.48. The molecule has 0 aliphatic carbocycles. The van der Waals surface area contributed by atoms with Crippen LogP contribution in [0.1, 0.15) is 26.3 Å². The molecule has 1 fully saturated rings. The molecule has 3 rings (SSSR count). The third kappa shape index (κ3) is 3.85. The predicted octanol–water partition coefficient (Wildman–Crippen LogP) is 1.74. The molecular weight excluding hydrogens is 328 g/mol. The van der Waals surface area contributed by atoms with Crippen LogP contribution in [0.5, 0.6) is 5.75 Å². The molecule has 1 aromatic rings. The number of rotatable bonds is 3. The first-order valence-electron chi connectivity index (χ1n) is 7.99. The molecule has 0 saturated carbocycles. The van der Waals surface area contributed by atoms with E-state index in [2.05, 4.69) is 10.6 Å². The van der Waals surface area contributed by atoms with Gasteiger partial charge in [0.2, 0.25) is 5.79 Å². The highest BCUT2D eigenvalue weighted by atomic mass is 16.8. The number of amides is 2. The van der Waals surface area contributed by atoms with Crippen LogP contribution in [-0.4, -0.2) is 44.0 Å². The van der Waals surface area contributed by atoms with Crippen molar-refractivity contribution in [2.75, 3.05) is 25.6 Å². The van der Waals surface area contributed by atoms with Crippen LogP contribution in [0.2, 0.25) is 0 Å². The van der Waals surface area contributed by atoms with Crippen LogP contribution in [0.25, 0.3) is 0 Å². The van der Waals surface area contributed by atoms with Crippen molar-refractivity contribution in [1.29, 1.82) is 0 Å². The second kappa shape index (κ2) is 6.20. The zero-order valence-electron chi connectivity index (χ0n) is 14.7. The number of alkyl carbamates (subject to hydrolysis) is 1. The summed E-state index contributed by atoms with van der Waals surface area (Å²) in [6.07, 6.45) is -0.674. The van der Waals surface area contributed by atoms with Gasteiger partial charge in [-0.05, 0) is 39.0 Å². The fraction of sp³-hybridized carbons (Fsp3) is 0.529. The van der Waals surface area contributed by atoms with Gasteiger partial charge in [-0.2, -0.15) is 0 Å². The average Bonchev–Trinajstić information content (AvgIpc) is 3.31. The smallest absolute Gasteiger partial charge is 0.408 e. The second-order valence-electron chi connectivity index (χ2n) is 6.96. The molecule has 2 aliphatic heterocycles. The molecule has 0 aromatic heterocycles. The van der Waals surface area contributed by atoms with Crippen LogP contribution in [0.3, 0.4) is 0 Å². The molecule has 0 bridgehead atoms. The summed E-state index contributed by atoms with van der Waals surface area (Å²) < 4.78 is 21.5. The first-order chi connectivity index (χ1) is 11.7. The van der Waals surface area contributed by atoms with Crippen LogP contribution < -0.4 is 15.4 Å². The van der Waals surface area contributed by atoms with E-state index in [-0.39, 0.29) is 12.5 Å². The number of nitrogens with one attached hydrogen (secondary N) is 2. The lowest BCUT2D eigenvalue weighted by molar-refractivity contribution is -0.118. The van der Waals surface area contributed by atoms with Gasteiger partial charge in [0.1, 0.15) is 30.6 Å². The van der Waals surface area contributed by atoms with Gasteiger partial charge < -0.3 is 29.6 Å². The first-order valence-corrected chi connectivity index (χ1v) is 7.99. The summed E-state index contributed by atoms with van der Waals surface area (Å²) >= 11 is 0. The van der Waals surface area contributed by atoms with Crippen molar-refractivity contribution >= 4 is 17.7 Å². The van der Waals surface area contributed by atoms with Gasteiger partial charge in [-0.25, -0.2) is 4.79 Å². The van der Waals surface area contributed by atoms with E-state index in [9.17, 15) is 9.59 Å². The summed E-state index contributed by atoms with van der Waals surface area (Å²) in [5.41, 5.74) is 0.641. The Morgan fingerprint density at radius 3 is 2.72 bits per heavy atom. The zero-order valence-corrected chi connectivity index (χ0v) is 14.7. The van der Waals surface area contributed by atoms with Crippen molar-refractivity contribution in [2.45, 2.75) is 38.2 Å². The van der Waals surface area contributed by atoms with E-state index in [4.69, 9.17) is 18.9 Å². The van der Waals surface area contributed by atoms with E-state index in [1.165, 1.54) is 0 Å². The van der Waals surface area contributed by atoms with E-state index in [0.717, 1.165) is 5.56 Å². The molecule has 2 aliphatic rings. The van der Waals surface area contributed by atoms with E-state index >= 15 is 0 Å². The van der Waals surface area contributed by atoms with Gasteiger partial charge in [-0.3, -0.25) is 4.79 Å². The normalized spacial score (nSPS) is 25.1. The minimum Gasteiger partial charge on any atom is -0.489 e. The molecule has 2 amide bonds. The second-order valence-corrected chi connectivity index (χ2v) is 6.96. The molecule has 1 aromatic carbocycles. The minimum absolute atomic E-state index is 0.00332. The van der Waals surface area contributed by atoms with Gasteiger partial charge >= 0.3 is 6.09 Å². The Bertz CT molecular complexity index is 693. The molecule has 2 heterocycles. The maximum absolute atomic E-state index is 12.4. The number of benzene rings is 1. The SMILES string of the molecule is COC1(c2ccc3c(c2)NC(=O)[C@@H](NC(=O)OC(C)(C)C)CO3)CO1. The third-order valence-corrected chi connectivity index (χ3v) is 3.83. The number of anilines is 1. The number of carbonyl (C=O) groups excluding carboxylic acids is 2. The molecule has 2 N–H and O–H groups in total. The van der Waals surface area contributed by atoms with Gasteiger partial charge in [0, 0.05) is 12.7 Å². The van der Waals surface area contributed by atoms with Crippen molar-refractivity contribution in [1.82, 2.24) is 5.32 Å². The number of hydrogen-bond donors (Lipinski definition) is 2. The quantitative estimate of drug-likeness (QED) is 0.806. The van der Waals surface area contributed by atoms with E-state index < -0.39 is 23.5 Å². The Labute approximate surface area is 145 Å². The van der Waals surface area contributed by atoms with Crippen LogP contribution in [-0.2, 0) is 24.8 Å². The molecule has 1 unspecified atom stereocenters. The van der Waals surface area contributed by atoms with Crippen molar-refractivity contribution in [2.24, 2.45) is 0 Å². The Morgan fingerprint density at radius 2 is 2.12 bits per heavy atom. The molecule has 1 saturated heterocycles. The van der Waals surface area contributed by atoms with Crippen LogP contribution in [0.15, 0.2) is 18.2 Å². The van der Waals surface area contributed by atoms with Crippen molar-refractivity contribution in [3.63, 3.8) is 0 Å². The summed E-state index contributed by atoms with van der Waals surface area (Å²) in [5, 5.41) is 5.28. The topological polar surface area (TPSA) is 98.4 Å². The summed E-state index contributed by atoms with van der Waals surface area (Å²) in [6, 6.07) is 4.45. The van der Waals surface area contributed by atoms with Crippen LogP contribution in [0.4, 0.5) is 10.5 Å². The minimum atomic E-state index is -0.862. The number of ether oxygens (including phenoxy) is 4. The molecule has 8 heteroatoms. The number of fused-ring (bicyclic) bond motifs is 1. The Balaban J connectivity index is 1.71. The highest BCUT2D eigenvalue weighted by molar-refractivity contribution is 5.98. The van der Waals surface area contributed by atoms with Gasteiger partial charge in [0.25, 0.3) is 5.91 Å². The summed E-state index contributed by atoms with van der Waals surface area (Å²) in [4.78, 5) is 24.3. The molecular formula is C17H22N2O6.